The van der Waals surface area contributed by atoms with Crippen LogP contribution in [0.2, 0.25) is 0 Å². The largest absolute Gasteiger partial charge is 0.496 e. The van der Waals surface area contributed by atoms with Gasteiger partial charge in [-0.3, -0.25) is 4.98 Å². The number of methoxy groups -OCH3 is 1. The molecule has 2 N–H and O–H groups in total. The molecule has 0 aliphatic rings. The Bertz CT molecular complexity index is 513. The Morgan fingerprint density at radius 2 is 2.28 bits per heavy atom. The van der Waals surface area contributed by atoms with Gasteiger partial charge < -0.3 is 15.2 Å². The highest BCUT2D eigenvalue weighted by Crippen LogP contribution is 2.33. The molecule has 2 heterocycles. The summed E-state index contributed by atoms with van der Waals surface area (Å²) >= 11 is 1.58. The van der Waals surface area contributed by atoms with Crippen molar-refractivity contribution in [1.82, 2.24) is 4.98 Å². The zero-order valence-electron chi connectivity index (χ0n) is 10.4. The average Bonchev–Trinajstić information content (AvgIpc) is 2.87. The van der Waals surface area contributed by atoms with Crippen molar-refractivity contribution >= 4 is 11.3 Å². The molecule has 1 unspecified atom stereocenters. The van der Waals surface area contributed by atoms with Crippen LogP contribution in [0.25, 0.3) is 0 Å². The highest BCUT2D eigenvalue weighted by molar-refractivity contribution is 7.10. The second-order valence-corrected chi connectivity index (χ2v) is 4.67. The third kappa shape index (κ3) is 2.63. The molecule has 2 rings (SSSR count). The van der Waals surface area contributed by atoms with Gasteiger partial charge in [0.25, 0.3) is 0 Å². The van der Waals surface area contributed by atoms with E-state index in [4.69, 9.17) is 15.2 Å². The van der Waals surface area contributed by atoms with Gasteiger partial charge in [0.05, 0.1) is 30.8 Å². The van der Waals surface area contributed by atoms with Gasteiger partial charge in [0.15, 0.2) is 0 Å². The fraction of sp³-hybridized carbons (Fsp3) is 0.308. The van der Waals surface area contributed by atoms with Gasteiger partial charge in [0, 0.05) is 6.20 Å². The molecule has 0 aromatic carbocycles. The van der Waals surface area contributed by atoms with Gasteiger partial charge in [-0.2, -0.15) is 0 Å². The van der Waals surface area contributed by atoms with Crippen molar-refractivity contribution in [1.29, 1.82) is 0 Å². The lowest BCUT2D eigenvalue weighted by atomic mass is 10.1. The molecule has 0 saturated heterocycles. The fourth-order valence-electron chi connectivity index (χ4n) is 1.71. The standard InChI is InChI=1S/C13H16N2O2S/c1-3-17-10-6-9(7-15-8-10)12(14)13-11(16-2)4-5-18-13/h4-8,12H,3,14H2,1-2H3. The van der Waals surface area contributed by atoms with E-state index in [2.05, 4.69) is 4.98 Å². The van der Waals surface area contributed by atoms with Crippen molar-refractivity contribution in [2.24, 2.45) is 5.73 Å². The van der Waals surface area contributed by atoms with Gasteiger partial charge in [-0.15, -0.1) is 11.3 Å². The van der Waals surface area contributed by atoms with E-state index in [1.807, 2.05) is 24.4 Å². The molecule has 1 atom stereocenters. The number of rotatable bonds is 5. The van der Waals surface area contributed by atoms with Crippen LogP contribution < -0.4 is 15.2 Å². The van der Waals surface area contributed by atoms with Crippen LogP contribution in [-0.4, -0.2) is 18.7 Å². The summed E-state index contributed by atoms with van der Waals surface area (Å²) in [6, 6.07) is 3.59. The summed E-state index contributed by atoms with van der Waals surface area (Å²) in [7, 11) is 1.65. The number of pyridine rings is 1. The first-order valence-corrected chi connectivity index (χ1v) is 6.59. The molecule has 2 aromatic rings. The highest BCUT2D eigenvalue weighted by atomic mass is 32.1. The normalized spacial score (nSPS) is 12.2. The number of aromatic nitrogens is 1. The van der Waals surface area contributed by atoms with Gasteiger partial charge >= 0.3 is 0 Å². The summed E-state index contributed by atoms with van der Waals surface area (Å²) in [5.74, 6) is 1.55. The van der Waals surface area contributed by atoms with Gasteiger partial charge in [0.1, 0.15) is 11.5 Å². The van der Waals surface area contributed by atoms with Gasteiger partial charge in [-0.05, 0) is 30.0 Å². The average molecular weight is 264 g/mol. The minimum atomic E-state index is -0.243. The number of nitrogens with zero attached hydrogens (tertiary/aromatic N) is 1. The number of hydrogen-bond donors (Lipinski definition) is 1. The van der Waals surface area contributed by atoms with E-state index in [1.165, 1.54) is 0 Å². The SMILES string of the molecule is CCOc1cncc(C(N)c2sccc2OC)c1. The summed E-state index contributed by atoms with van der Waals surface area (Å²) in [6.45, 7) is 2.55. The molecule has 0 aliphatic heterocycles. The highest BCUT2D eigenvalue weighted by Gasteiger charge is 2.16. The van der Waals surface area contributed by atoms with Crippen LogP contribution in [0, 0.1) is 0 Å². The van der Waals surface area contributed by atoms with E-state index in [0.717, 1.165) is 21.9 Å². The van der Waals surface area contributed by atoms with E-state index in [1.54, 1.807) is 30.8 Å². The topological polar surface area (TPSA) is 57.4 Å². The number of ether oxygens (including phenoxy) is 2. The Kier molecular flexibility index (Phi) is 4.17. The van der Waals surface area contributed by atoms with Crippen LogP contribution in [0.1, 0.15) is 23.4 Å². The van der Waals surface area contributed by atoms with Crippen molar-refractivity contribution in [3.63, 3.8) is 0 Å². The molecule has 2 aromatic heterocycles. The monoisotopic (exact) mass is 264 g/mol. The molecule has 4 nitrogen and oxygen atoms in total. The minimum Gasteiger partial charge on any atom is -0.496 e. The molecule has 0 bridgehead atoms. The molecule has 96 valence electrons. The second kappa shape index (κ2) is 5.84. The maximum Gasteiger partial charge on any atom is 0.137 e. The Balaban J connectivity index is 2.28. The molecular formula is C13H16N2O2S. The summed E-state index contributed by atoms with van der Waals surface area (Å²) in [4.78, 5) is 5.14. The van der Waals surface area contributed by atoms with E-state index >= 15 is 0 Å². The summed E-state index contributed by atoms with van der Waals surface area (Å²) in [5, 5.41) is 1.97. The summed E-state index contributed by atoms with van der Waals surface area (Å²) in [5.41, 5.74) is 7.16. The van der Waals surface area contributed by atoms with Crippen molar-refractivity contribution in [2.75, 3.05) is 13.7 Å². The lowest BCUT2D eigenvalue weighted by Crippen LogP contribution is -2.11. The molecule has 0 fully saturated rings. The van der Waals surface area contributed by atoms with Crippen LogP contribution in [0.15, 0.2) is 29.9 Å². The molecule has 0 saturated carbocycles. The first kappa shape index (κ1) is 12.9. The molecule has 0 radical (unpaired) electrons. The van der Waals surface area contributed by atoms with Gasteiger partial charge in [-0.25, -0.2) is 0 Å². The minimum absolute atomic E-state index is 0.243. The number of thiophene rings is 1. The van der Waals surface area contributed by atoms with Crippen molar-refractivity contribution in [3.05, 3.63) is 40.3 Å². The van der Waals surface area contributed by atoms with Crippen molar-refractivity contribution in [3.8, 4) is 11.5 Å². The second-order valence-electron chi connectivity index (χ2n) is 3.72. The van der Waals surface area contributed by atoms with Crippen LogP contribution in [0.5, 0.6) is 11.5 Å². The predicted octanol–water partition coefficient (Wildman–Crippen LogP) is 2.60. The number of nitrogens with two attached hydrogens (primary N) is 1. The first-order valence-electron chi connectivity index (χ1n) is 5.71. The Hall–Kier alpha value is -1.59. The van der Waals surface area contributed by atoms with E-state index in [9.17, 15) is 0 Å². The summed E-state index contributed by atoms with van der Waals surface area (Å²) < 4.78 is 10.7. The molecule has 0 amide bonds. The van der Waals surface area contributed by atoms with Crippen LogP contribution in [0.4, 0.5) is 0 Å². The van der Waals surface area contributed by atoms with Crippen LogP contribution in [0.3, 0.4) is 0 Å². The van der Waals surface area contributed by atoms with Crippen molar-refractivity contribution < 1.29 is 9.47 Å². The fourth-order valence-corrected chi connectivity index (χ4v) is 2.60. The van der Waals surface area contributed by atoms with Crippen molar-refractivity contribution in [2.45, 2.75) is 13.0 Å². The molecule has 5 heteroatoms. The maximum atomic E-state index is 6.24. The van der Waals surface area contributed by atoms with Crippen LogP contribution in [-0.2, 0) is 0 Å². The zero-order valence-corrected chi connectivity index (χ0v) is 11.2. The Morgan fingerprint density at radius 1 is 1.44 bits per heavy atom. The Morgan fingerprint density at radius 3 is 3.00 bits per heavy atom. The maximum absolute atomic E-state index is 6.24. The Labute approximate surface area is 110 Å². The third-order valence-electron chi connectivity index (χ3n) is 2.56. The zero-order chi connectivity index (χ0) is 13.0. The lowest BCUT2D eigenvalue weighted by Gasteiger charge is -2.13. The molecule has 18 heavy (non-hydrogen) atoms. The predicted molar refractivity (Wildman–Crippen MR) is 72.3 cm³/mol. The lowest BCUT2D eigenvalue weighted by molar-refractivity contribution is 0.338. The quantitative estimate of drug-likeness (QED) is 0.901. The molecule has 0 aliphatic carbocycles. The van der Waals surface area contributed by atoms with E-state index in [0.29, 0.717) is 6.61 Å². The van der Waals surface area contributed by atoms with Gasteiger partial charge in [-0.1, -0.05) is 0 Å². The third-order valence-corrected chi connectivity index (χ3v) is 3.55. The van der Waals surface area contributed by atoms with E-state index in [-0.39, 0.29) is 6.04 Å². The smallest absolute Gasteiger partial charge is 0.137 e. The van der Waals surface area contributed by atoms with E-state index < -0.39 is 0 Å². The number of hydrogen-bond acceptors (Lipinski definition) is 5. The molecule has 0 spiro atoms. The molecular weight excluding hydrogens is 248 g/mol. The van der Waals surface area contributed by atoms with Crippen LogP contribution >= 0.6 is 11.3 Å². The first-order chi connectivity index (χ1) is 8.76. The van der Waals surface area contributed by atoms with Gasteiger partial charge in [0.2, 0.25) is 0 Å². The summed E-state index contributed by atoms with van der Waals surface area (Å²) in [6.07, 6.45) is 3.44.